The molecule has 0 radical (unpaired) electrons. The van der Waals surface area contributed by atoms with E-state index < -0.39 is 85.6 Å². The van der Waals surface area contributed by atoms with Crippen molar-refractivity contribution in [2.24, 2.45) is 17.8 Å². The van der Waals surface area contributed by atoms with E-state index in [1.54, 1.807) is 0 Å². The van der Waals surface area contributed by atoms with Crippen LogP contribution in [0.1, 0.15) is 47.0 Å². The molecule has 0 bridgehead atoms. The van der Waals surface area contributed by atoms with Gasteiger partial charge in [0.2, 0.25) is 6.29 Å². The number of fused-ring (bicyclic) bond motifs is 1. The number of rotatable bonds is 10. The van der Waals surface area contributed by atoms with Crippen molar-refractivity contribution in [2.45, 2.75) is 89.6 Å². The zero-order valence-electron chi connectivity index (χ0n) is 22.0. The lowest BCUT2D eigenvalue weighted by molar-refractivity contribution is -0.304. The third-order valence-corrected chi connectivity index (χ3v) is 6.98. The molecule has 2 aliphatic heterocycles. The number of esters is 3. The Morgan fingerprint density at radius 1 is 1.08 bits per heavy atom. The van der Waals surface area contributed by atoms with E-state index >= 15 is 0 Å². The fourth-order valence-electron chi connectivity index (χ4n) is 5.25. The Balaban J connectivity index is 1.80. The van der Waals surface area contributed by atoms with Crippen LogP contribution < -0.4 is 0 Å². The van der Waals surface area contributed by atoms with E-state index in [0.29, 0.717) is 12.0 Å². The first kappa shape index (κ1) is 30.3. The summed E-state index contributed by atoms with van der Waals surface area (Å²) in [5, 5.41) is 41.2. The Labute approximate surface area is 220 Å². The minimum atomic E-state index is -1.55. The van der Waals surface area contributed by atoms with Gasteiger partial charge in [-0.25, -0.2) is 0 Å². The molecule has 0 unspecified atom stereocenters. The summed E-state index contributed by atoms with van der Waals surface area (Å²) in [5.41, 5.74) is -1.00. The van der Waals surface area contributed by atoms with E-state index in [9.17, 15) is 34.8 Å². The molecular weight excluding hydrogens is 508 g/mol. The van der Waals surface area contributed by atoms with Crippen LogP contribution >= 0.6 is 0 Å². The van der Waals surface area contributed by atoms with Gasteiger partial charge in [0.15, 0.2) is 18.5 Å². The average Bonchev–Trinajstić information content (AvgIpc) is 3.19. The van der Waals surface area contributed by atoms with Gasteiger partial charge >= 0.3 is 17.9 Å². The van der Waals surface area contributed by atoms with Crippen molar-refractivity contribution < 1.29 is 63.2 Å². The second kappa shape index (κ2) is 12.7. The molecule has 4 N–H and O–H groups in total. The highest BCUT2D eigenvalue weighted by atomic mass is 16.7. The second-order valence-electron chi connectivity index (χ2n) is 10.4. The quantitative estimate of drug-likeness (QED) is 0.203. The molecule has 13 nitrogen and oxygen atoms in total. The molecule has 1 saturated carbocycles. The summed E-state index contributed by atoms with van der Waals surface area (Å²) in [4.78, 5) is 35.7. The van der Waals surface area contributed by atoms with Crippen molar-refractivity contribution >= 4 is 17.9 Å². The third-order valence-electron chi connectivity index (χ3n) is 6.98. The lowest BCUT2D eigenvalue weighted by Crippen LogP contribution is -2.61. The summed E-state index contributed by atoms with van der Waals surface area (Å²) in [6.07, 6.45) is -5.69. The number of hydrogen-bond acceptors (Lipinski definition) is 13. The highest BCUT2D eigenvalue weighted by molar-refractivity contribution is 5.69. The topological polar surface area (TPSA) is 188 Å². The van der Waals surface area contributed by atoms with E-state index in [1.165, 1.54) is 6.26 Å². The van der Waals surface area contributed by atoms with E-state index in [2.05, 4.69) is 0 Å². The van der Waals surface area contributed by atoms with Gasteiger partial charge in [0, 0.05) is 20.3 Å². The maximum absolute atomic E-state index is 12.3. The van der Waals surface area contributed by atoms with Crippen LogP contribution in [-0.2, 0) is 42.8 Å². The largest absolute Gasteiger partial charge is 0.462 e. The van der Waals surface area contributed by atoms with Crippen LogP contribution in [0.3, 0.4) is 0 Å². The Bertz CT molecular complexity index is 888. The van der Waals surface area contributed by atoms with Crippen LogP contribution in [0.15, 0.2) is 11.8 Å². The van der Waals surface area contributed by atoms with Crippen molar-refractivity contribution in [1.82, 2.24) is 0 Å². The molecule has 9 atom stereocenters. The maximum atomic E-state index is 12.3. The van der Waals surface area contributed by atoms with Gasteiger partial charge in [-0.2, -0.15) is 0 Å². The fraction of sp³-hybridized carbons (Fsp3) is 0.800. The number of aliphatic hydroxyl groups is 4. The number of ether oxygens (including phenoxy) is 6. The third kappa shape index (κ3) is 6.82. The molecule has 0 amide bonds. The molecule has 3 aliphatic rings. The van der Waals surface area contributed by atoms with Gasteiger partial charge in [-0.3, -0.25) is 14.4 Å². The molecule has 2 heterocycles. The molecule has 0 aromatic rings. The summed E-state index contributed by atoms with van der Waals surface area (Å²) in [6, 6.07) is 0. The van der Waals surface area contributed by atoms with Crippen LogP contribution in [-0.4, -0.2) is 101 Å². The fourth-order valence-corrected chi connectivity index (χ4v) is 5.25. The molecular formula is C25H38O13. The SMILES string of the molecule is CC(=O)O[C@@H]1[C@H](O)[C@@H](CO)O[C@@H](OCC2=CO[C@@H](OC(=O)CC(C)C)[C@H]3[C@@H]2CC[C@]3(O)CO)[C@@H]1OC(C)=O. The molecule has 0 aromatic carbocycles. The van der Waals surface area contributed by atoms with Crippen molar-refractivity contribution in [3.63, 3.8) is 0 Å². The van der Waals surface area contributed by atoms with E-state index in [0.717, 1.165) is 13.8 Å². The van der Waals surface area contributed by atoms with Gasteiger partial charge in [0.05, 0.1) is 37.6 Å². The van der Waals surface area contributed by atoms with Crippen molar-refractivity contribution in [3.8, 4) is 0 Å². The van der Waals surface area contributed by atoms with E-state index in [1.807, 2.05) is 13.8 Å². The lowest BCUT2D eigenvalue weighted by atomic mass is 9.81. The molecule has 2 fully saturated rings. The minimum Gasteiger partial charge on any atom is -0.462 e. The molecule has 1 saturated heterocycles. The van der Waals surface area contributed by atoms with Crippen LogP contribution in [0.4, 0.5) is 0 Å². The standard InChI is InChI=1S/C25H38O13/c1-12(2)7-18(30)38-23-19-16(5-6-25(19,32)11-27)15(9-33-23)10-34-24-22(36-14(4)29)21(35-13(3)28)20(31)17(8-26)37-24/h9,12,16-17,19-24,26-27,31-32H,5-8,10-11H2,1-4H3/t16-,17-,19-,20-,21-,22-,23+,24-,25+/m1/s1. The molecule has 13 heteroatoms. The van der Waals surface area contributed by atoms with Crippen LogP contribution in [0, 0.1) is 17.8 Å². The lowest BCUT2D eigenvalue weighted by Gasteiger charge is -2.43. The van der Waals surface area contributed by atoms with Crippen molar-refractivity contribution in [1.29, 1.82) is 0 Å². The first-order chi connectivity index (χ1) is 17.9. The first-order valence-corrected chi connectivity index (χ1v) is 12.7. The predicted molar refractivity (Wildman–Crippen MR) is 126 cm³/mol. The minimum absolute atomic E-state index is 0.0550. The van der Waals surface area contributed by atoms with Gasteiger partial charge in [0.25, 0.3) is 0 Å². The first-order valence-electron chi connectivity index (χ1n) is 12.7. The Hall–Kier alpha value is -2.29. The van der Waals surface area contributed by atoms with Gasteiger partial charge in [0.1, 0.15) is 12.2 Å². The summed E-state index contributed by atoms with van der Waals surface area (Å²) >= 11 is 0. The number of aliphatic hydroxyl groups excluding tert-OH is 3. The summed E-state index contributed by atoms with van der Waals surface area (Å²) in [5.74, 6) is -3.09. The summed E-state index contributed by atoms with van der Waals surface area (Å²) in [6.45, 7) is 4.61. The summed E-state index contributed by atoms with van der Waals surface area (Å²) < 4.78 is 33.2. The van der Waals surface area contributed by atoms with Gasteiger partial charge in [-0.15, -0.1) is 0 Å². The Morgan fingerprint density at radius 2 is 1.74 bits per heavy atom. The highest BCUT2D eigenvalue weighted by Gasteiger charge is 2.56. The second-order valence-corrected chi connectivity index (χ2v) is 10.4. The number of carbonyl (C=O) groups is 3. The van der Waals surface area contributed by atoms with Crippen molar-refractivity contribution in [2.75, 3.05) is 19.8 Å². The normalized spacial score (nSPS) is 36.6. The zero-order chi connectivity index (χ0) is 28.2. The maximum Gasteiger partial charge on any atom is 0.309 e. The van der Waals surface area contributed by atoms with Gasteiger partial charge < -0.3 is 48.8 Å². The number of carbonyl (C=O) groups excluding carboxylic acids is 3. The van der Waals surface area contributed by atoms with Crippen LogP contribution in [0.5, 0.6) is 0 Å². The average molecular weight is 547 g/mol. The van der Waals surface area contributed by atoms with E-state index in [4.69, 9.17) is 28.4 Å². The Kier molecular flexibility index (Phi) is 10.1. The van der Waals surface area contributed by atoms with Crippen molar-refractivity contribution in [3.05, 3.63) is 11.8 Å². The predicted octanol–water partition coefficient (Wildman–Crippen LogP) is -0.476. The summed E-state index contributed by atoms with van der Waals surface area (Å²) in [7, 11) is 0. The smallest absolute Gasteiger partial charge is 0.309 e. The van der Waals surface area contributed by atoms with E-state index in [-0.39, 0.29) is 25.4 Å². The van der Waals surface area contributed by atoms with Crippen LogP contribution in [0.25, 0.3) is 0 Å². The van der Waals surface area contributed by atoms with Crippen LogP contribution in [0.2, 0.25) is 0 Å². The molecule has 3 rings (SSSR count). The molecule has 0 aromatic heterocycles. The highest BCUT2D eigenvalue weighted by Crippen LogP contribution is 2.49. The molecule has 0 spiro atoms. The number of hydrogen-bond donors (Lipinski definition) is 4. The zero-order valence-corrected chi connectivity index (χ0v) is 22.0. The molecule has 1 aliphatic carbocycles. The van der Waals surface area contributed by atoms with Gasteiger partial charge in [-0.1, -0.05) is 13.8 Å². The molecule has 216 valence electrons. The molecule has 38 heavy (non-hydrogen) atoms. The Morgan fingerprint density at radius 3 is 2.32 bits per heavy atom. The van der Waals surface area contributed by atoms with Gasteiger partial charge in [-0.05, 0) is 30.3 Å². The monoisotopic (exact) mass is 546 g/mol.